The van der Waals surface area contributed by atoms with E-state index in [4.69, 9.17) is 0 Å². The van der Waals surface area contributed by atoms with Gasteiger partial charge in [-0.1, -0.05) is 20.8 Å². The van der Waals surface area contributed by atoms with Gasteiger partial charge in [0.25, 0.3) is 0 Å². The zero-order valence-corrected chi connectivity index (χ0v) is 9.11. The third-order valence-electron chi connectivity index (χ3n) is 2.44. The number of carbonyl (C=O) groups is 1. The summed E-state index contributed by atoms with van der Waals surface area (Å²) in [5.41, 5.74) is 0.527. The topological polar surface area (TPSA) is 42.9 Å². The minimum absolute atomic E-state index is 0.0179. The molecular weight excluding hydrogens is 176 g/mol. The lowest BCUT2D eigenvalue weighted by molar-refractivity contribution is 0.0894. The Balaban J connectivity index is 2.89. The first-order chi connectivity index (χ1) is 6.52. The summed E-state index contributed by atoms with van der Waals surface area (Å²) >= 11 is 0. The standard InChI is InChI=1S/C11H16N2O/c1-7(2)8(3)11(14)10-5-6-12-9(4)13-10/h5-8H,1-4H3. The highest BCUT2D eigenvalue weighted by Gasteiger charge is 2.19. The van der Waals surface area contributed by atoms with Gasteiger partial charge in [0.1, 0.15) is 11.5 Å². The maximum absolute atomic E-state index is 11.8. The number of aryl methyl sites for hydroxylation is 1. The maximum Gasteiger partial charge on any atom is 0.184 e. The summed E-state index contributed by atoms with van der Waals surface area (Å²) in [6.07, 6.45) is 1.63. The molecule has 0 saturated carbocycles. The van der Waals surface area contributed by atoms with E-state index in [1.807, 2.05) is 20.8 Å². The Morgan fingerprint density at radius 2 is 2.00 bits per heavy atom. The summed E-state index contributed by atoms with van der Waals surface area (Å²) in [7, 11) is 0. The van der Waals surface area contributed by atoms with Gasteiger partial charge in [-0.3, -0.25) is 4.79 Å². The molecule has 1 aromatic heterocycles. The van der Waals surface area contributed by atoms with Crippen LogP contribution in [-0.4, -0.2) is 15.8 Å². The molecule has 0 aromatic carbocycles. The van der Waals surface area contributed by atoms with Crippen molar-refractivity contribution in [3.8, 4) is 0 Å². The normalized spacial score (nSPS) is 12.9. The molecule has 0 spiro atoms. The minimum atomic E-state index is 0.0179. The van der Waals surface area contributed by atoms with Crippen molar-refractivity contribution in [1.82, 2.24) is 9.97 Å². The van der Waals surface area contributed by atoms with Crippen LogP contribution in [0, 0.1) is 18.8 Å². The summed E-state index contributed by atoms with van der Waals surface area (Å²) in [5.74, 6) is 1.11. The van der Waals surface area contributed by atoms with Crippen LogP contribution in [0.1, 0.15) is 37.1 Å². The second-order valence-electron chi connectivity index (χ2n) is 3.89. The lowest BCUT2D eigenvalue weighted by Gasteiger charge is -2.13. The van der Waals surface area contributed by atoms with Crippen LogP contribution in [0.3, 0.4) is 0 Å². The van der Waals surface area contributed by atoms with Gasteiger partial charge in [0.15, 0.2) is 5.78 Å². The fourth-order valence-corrected chi connectivity index (χ4v) is 1.13. The molecule has 1 rings (SSSR count). The number of hydrogen-bond donors (Lipinski definition) is 0. The Morgan fingerprint density at radius 3 is 2.50 bits per heavy atom. The number of rotatable bonds is 3. The molecule has 0 amide bonds. The zero-order valence-electron chi connectivity index (χ0n) is 9.11. The lowest BCUT2D eigenvalue weighted by atomic mass is 9.92. The van der Waals surface area contributed by atoms with Gasteiger partial charge in [0.05, 0.1) is 0 Å². The van der Waals surface area contributed by atoms with Crippen molar-refractivity contribution < 1.29 is 4.79 Å². The lowest BCUT2D eigenvalue weighted by Crippen LogP contribution is -2.18. The van der Waals surface area contributed by atoms with Gasteiger partial charge < -0.3 is 0 Å². The summed E-state index contributed by atoms with van der Waals surface area (Å²) in [6.45, 7) is 7.80. The van der Waals surface area contributed by atoms with Crippen LogP contribution in [-0.2, 0) is 0 Å². The van der Waals surface area contributed by atoms with Gasteiger partial charge in [-0.05, 0) is 18.9 Å². The molecule has 0 aliphatic heterocycles. The van der Waals surface area contributed by atoms with Crippen molar-refractivity contribution in [1.29, 1.82) is 0 Å². The van der Waals surface area contributed by atoms with Crippen LogP contribution in [0.4, 0.5) is 0 Å². The number of hydrogen-bond acceptors (Lipinski definition) is 3. The fraction of sp³-hybridized carbons (Fsp3) is 0.545. The van der Waals surface area contributed by atoms with Crippen LogP contribution in [0.25, 0.3) is 0 Å². The van der Waals surface area contributed by atoms with Crippen molar-refractivity contribution in [2.75, 3.05) is 0 Å². The van der Waals surface area contributed by atoms with E-state index in [9.17, 15) is 4.79 Å². The molecule has 0 saturated heterocycles. The maximum atomic E-state index is 11.8. The van der Waals surface area contributed by atoms with Gasteiger partial charge in [0, 0.05) is 12.1 Å². The van der Waals surface area contributed by atoms with E-state index in [-0.39, 0.29) is 11.7 Å². The van der Waals surface area contributed by atoms with Gasteiger partial charge in [-0.2, -0.15) is 0 Å². The quantitative estimate of drug-likeness (QED) is 0.690. The minimum Gasteiger partial charge on any atom is -0.292 e. The van der Waals surface area contributed by atoms with E-state index in [0.717, 1.165) is 0 Å². The monoisotopic (exact) mass is 192 g/mol. The van der Waals surface area contributed by atoms with E-state index < -0.39 is 0 Å². The van der Waals surface area contributed by atoms with Crippen molar-refractivity contribution in [2.24, 2.45) is 11.8 Å². The molecule has 0 aliphatic carbocycles. The average Bonchev–Trinajstić information content (AvgIpc) is 2.15. The van der Waals surface area contributed by atoms with Crippen molar-refractivity contribution in [2.45, 2.75) is 27.7 Å². The van der Waals surface area contributed by atoms with Gasteiger partial charge in [0.2, 0.25) is 0 Å². The summed E-state index contributed by atoms with van der Waals surface area (Å²) in [5, 5.41) is 0. The van der Waals surface area contributed by atoms with Gasteiger partial charge >= 0.3 is 0 Å². The molecule has 1 aromatic rings. The van der Waals surface area contributed by atoms with Crippen molar-refractivity contribution >= 4 is 5.78 Å². The average molecular weight is 192 g/mol. The second-order valence-corrected chi connectivity index (χ2v) is 3.89. The second kappa shape index (κ2) is 4.31. The summed E-state index contributed by atoms with van der Waals surface area (Å²) in [6, 6.07) is 1.67. The number of ketones is 1. The predicted octanol–water partition coefficient (Wildman–Crippen LogP) is 2.26. The third kappa shape index (κ3) is 2.37. The smallest absolute Gasteiger partial charge is 0.184 e. The van der Waals surface area contributed by atoms with E-state index >= 15 is 0 Å². The highest BCUT2D eigenvalue weighted by Crippen LogP contribution is 2.14. The molecule has 1 heterocycles. The number of Topliss-reactive ketones (excluding diaryl/α,β-unsaturated/α-hetero) is 1. The van der Waals surface area contributed by atoms with Crippen LogP contribution in [0.2, 0.25) is 0 Å². The fourth-order valence-electron chi connectivity index (χ4n) is 1.13. The molecule has 14 heavy (non-hydrogen) atoms. The molecule has 3 nitrogen and oxygen atoms in total. The van der Waals surface area contributed by atoms with Crippen LogP contribution >= 0.6 is 0 Å². The van der Waals surface area contributed by atoms with Gasteiger partial charge in [-0.25, -0.2) is 9.97 Å². The number of aromatic nitrogens is 2. The zero-order chi connectivity index (χ0) is 10.7. The summed E-state index contributed by atoms with van der Waals surface area (Å²) in [4.78, 5) is 19.9. The van der Waals surface area contributed by atoms with E-state index in [1.54, 1.807) is 19.2 Å². The first-order valence-electron chi connectivity index (χ1n) is 4.86. The molecule has 0 radical (unpaired) electrons. The van der Waals surface area contributed by atoms with Crippen LogP contribution in [0.5, 0.6) is 0 Å². The third-order valence-corrected chi connectivity index (χ3v) is 2.44. The molecular formula is C11H16N2O. The van der Waals surface area contributed by atoms with Crippen LogP contribution in [0.15, 0.2) is 12.3 Å². The van der Waals surface area contributed by atoms with Crippen molar-refractivity contribution in [3.63, 3.8) is 0 Å². The Labute approximate surface area is 84.6 Å². The molecule has 0 fully saturated rings. The Bertz CT molecular complexity index is 334. The van der Waals surface area contributed by atoms with E-state index in [0.29, 0.717) is 17.4 Å². The van der Waals surface area contributed by atoms with E-state index in [2.05, 4.69) is 9.97 Å². The molecule has 1 unspecified atom stereocenters. The summed E-state index contributed by atoms with van der Waals surface area (Å²) < 4.78 is 0. The largest absolute Gasteiger partial charge is 0.292 e. The highest BCUT2D eigenvalue weighted by atomic mass is 16.1. The molecule has 76 valence electrons. The Morgan fingerprint density at radius 1 is 1.36 bits per heavy atom. The number of carbonyl (C=O) groups excluding carboxylic acids is 1. The molecule has 0 N–H and O–H groups in total. The van der Waals surface area contributed by atoms with E-state index in [1.165, 1.54) is 0 Å². The van der Waals surface area contributed by atoms with Crippen molar-refractivity contribution in [3.05, 3.63) is 23.8 Å². The molecule has 1 atom stereocenters. The highest BCUT2D eigenvalue weighted by molar-refractivity contribution is 5.95. The predicted molar refractivity (Wildman–Crippen MR) is 55.1 cm³/mol. The van der Waals surface area contributed by atoms with Gasteiger partial charge in [-0.15, -0.1) is 0 Å². The molecule has 0 bridgehead atoms. The first-order valence-corrected chi connectivity index (χ1v) is 4.86. The molecule has 3 heteroatoms. The Kier molecular flexibility index (Phi) is 3.33. The molecule has 0 aliphatic rings. The SMILES string of the molecule is Cc1nccc(C(=O)C(C)C(C)C)n1. The van der Waals surface area contributed by atoms with Crippen LogP contribution < -0.4 is 0 Å². The number of nitrogens with zero attached hydrogens (tertiary/aromatic N) is 2. The Hall–Kier alpha value is -1.25. The first kappa shape index (κ1) is 10.8.